The molecule has 2 fully saturated rings. The molecule has 5 atom stereocenters. The summed E-state index contributed by atoms with van der Waals surface area (Å²) in [5, 5.41) is 29.6. The summed E-state index contributed by atoms with van der Waals surface area (Å²) in [5.74, 6) is 0.0415. The third-order valence-corrected chi connectivity index (χ3v) is 5.41. The first kappa shape index (κ1) is 19.3. The maximum Gasteiger partial charge on any atom is 0.419 e. The van der Waals surface area contributed by atoms with Crippen LogP contribution in [0, 0.1) is 5.92 Å². The average Bonchev–Trinajstić information content (AvgIpc) is 3.05. The molecule has 1 aromatic heterocycles. The summed E-state index contributed by atoms with van der Waals surface area (Å²) in [6, 6.07) is 1.99. The van der Waals surface area contributed by atoms with Gasteiger partial charge in [-0.2, -0.15) is 13.2 Å². The lowest BCUT2D eigenvalue weighted by Gasteiger charge is -2.43. The van der Waals surface area contributed by atoms with E-state index >= 15 is 0 Å². The number of β-amino-alcohol motifs (C(OH)–C–C–N with tert-alkyl or cyclic N) is 1. The van der Waals surface area contributed by atoms with Gasteiger partial charge in [-0.15, -0.1) is 0 Å². The second-order valence-electron chi connectivity index (χ2n) is 7.22. The number of aromatic nitrogens is 1. The Bertz CT molecular complexity index is 631. The molecule has 3 heterocycles. The van der Waals surface area contributed by atoms with Gasteiger partial charge < -0.3 is 20.2 Å². The number of anilines is 1. The van der Waals surface area contributed by atoms with E-state index in [2.05, 4.69) is 4.98 Å². The van der Waals surface area contributed by atoms with Crippen LogP contribution in [0.4, 0.5) is 19.0 Å². The number of pyridine rings is 1. The Kier molecular flexibility index (Phi) is 5.43. The summed E-state index contributed by atoms with van der Waals surface area (Å²) < 4.78 is 39.6. The number of hydrogen-bond acceptors (Lipinski definition) is 6. The first-order valence-corrected chi connectivity index (χ1v) is 8.74. The van der Waals surface area contributed by atoms with E-state index < -0.39 is 30.1 Å². The summed E-state index contributed by atoms with van der Waals surface area (Å²) in [4.78, 5) is 7.47. The highest BCUT2D eigenvalue weighted by atomic mass is 19.4. The summed E-state index contributed by atoms with van der Waals surface area (Å²) in [7, 11) is 0. The third-order valence-electron chi connectivity index (χ3n) is 5.41. The molecule has 26 heavy (non-hydrogen) atoms. The molecule has 0 bridgehead atoms. The Morgan fingerprint density at radius 2 is 1.92 bits per heavy atom. The lowest BCUT2D eigenvalue weighted by atomic mass is 9.93. The summed E-state index contributed by atoms with van der Waals surface area (Å²) in [6.45, 7) is 3.44. The van der Waals surface area contributed by atoms with E-state index in [-0.39, 0.29) is 24.3 Å². The van der Waals surface area contributed by atoms with Crippen LogP contribution in [0.5, 0.6) is 0 Å². The Hall–Kier alpha value is -1.42. The fourth-order valence-corrected chi connectivity index (χ4v) is 3.86. The molecule has 0 unspecified atom stereocenters. The van der Waals surface area contributed by atoms with Crippen LogP contribution in [-0.2, 0) is 6.18 Å². The Labute approximate surface area is 149 Å². The van der Waals surface area contributed by atoms with Gasteiger partial charge in [-0.05, 0) is 31.4 Å². The third kappa shape index (κ3) is 3.80. The predicted octanol–water partition coefficient (Wildman–Crippen LogP) is 0.714. The minimum atomic E-state index is -4.45. The van der Waals surface area contributed by atoms with E-state index in [0.29, 0.717) is 26.1 Å². The quantitative estimate of drug-likeness (QED) is 0.722. The highest BCUT2D eigenvalue weighted by Gasteiger charge is 2.41. The van der Waals surface area contributed by atoms with Gasteiger partial charge >= 0.3 is 6.18 Å². The molecule has 0 radical (unpaired) electrons. The van der Waals surface area contributed by atoms with E-state index in [1.165, 1.54) is 12.3 Å². The molecule has 3 rings (SSSR count). The molecule has 3 N–H and O–H groups in total. The van der Waals surface area contributed by atoms with Gasteiger partial charge in [0.15, 0.2) is 0 Å². The van der Waals surface area contributed by atoms with Crippen molar-refractivity contribution in [1.82, 2.24) is 9.88 Å². The molecule has 9 heteroatoms. The highest BCUT2D eigenvalue weighted by molar-refractivity contribution is 5.49. The Morgan fingerprint density at radius 1 is 1.19 bits per heavy atom. The van der Waals surface area contributed by atoms with Gasteiger partial charge in [0.25, 0.3) is 0 Å². The Morgan fingerprint density at radius 3 is 2.62 bits per heavy atom. The number of alkyl halides is 3. The number of aliphatic hydroxyl groups excluding tert-OH is 3. The smallest absolute Gasteiger partial charge is 0.389 e. The summed E-state index contributed by atoms with van der Waals surface area (Å²) in [6.07, 6.45) is -5.66. The van der Waals surface area contributed by atoms with Crippen LogP contribution in [-0.4, -0.2) is 75.7 Å². The van der Waals surface area contributed by atoms with Gasteiger partial charge in [-0.3, -0.25) is 4.90 Å². The SMILES string of the molecule is C[C@@H]1[C@@H](O)[C@H](O)[C@@H](O)CN1C[C@@H]1CCN(c2ncccc2C(F)(F)F)C1. The maximum absolute atomic E-state index is 13.2. The van der Waals surface area contributed by atoms with E-state index in [4.69, 9.17) is 0 Å². The number of halogens is 3. The minimum absolute atomic E-state index is 0.0512. The van der Waals surface area contributed by atoms with Gasteiger partial charge in [-0.1, -0.05) is 0 Å². The van der Waals surface area contributed by atoms with Crippen LogP contribution in [0.2, 0.25) is 0 Å². The van der Waals surface area contributed by atoms with Crippen LogP contribution in [0.25, 0.3) is 0 Å². The van der Waals surface area contributed by atoms with Gasteiger partial charge in [0.2, 0.25) is 0 Å². The molecular weight excluding hydrogens is 351 g/mol. The molecule has 6 nitrogen and oxygen atoms in total. The van der Waals surface area contributed by atoms with Crippen LogP contribution in [0.3, 0.4) is 0 Å². The van der Waals surface area contributed by atoms with Crippen molar-refractivity contribution in [2.75, 3.05) is 31.1 Å². The van der Waals surface area contributed by atoms with Crippen LogP contribution in [0.1, 0.15) is 18.9 Å². The fraction of sp³-hybridized carbons (Fsp3) is 0.706. The van der Waals surface area contributed by atoms with Crippen molar-refractivity contribution in [3.05, 3.63) is 23.9 Å². The van der Waals surface area contributed by atoms with Crippen molar-refractivity contribution in [2.24, 2.45) is 5.92 Å². The summed E-state index contributed by atoms with van der Waals surface area (Å²) >= 11 is 0. The van der Waals surface area contributed by atoms with Crippen LogP contribution >= 0.6 is 0 Å². The zero-order valence-electron chi connectivity index (χ0n) is 14.5. The zero-order chi connectivity index (χ0) is 19.1. The van der Waals surface area contributed by atoms with Crippen molar-refractivity contribution in [3.63, 3.8) is 0 Å². The number of aliphatic hydroxyl groups is 3. The van der Waals surface area contributed by atoms with Crippen LogP contribution < -0.4 is 4.90 Å². The van der Waals surface area contributed by atoms with E-state index in [9.17, 15) is 28.5 Å². The largest absolute Gasteiger partial charge is 0.419 e. The van der Waals surface area contributed by atoms with Crippen molar-refractivity contribution < 1.29 is 28.5 Å². The Balaban J connectivity index is 1.67. The monoisotopic (exact) mass is 375 g/mol. The first-order chi connectivity index (χ1) is 12.2. The molecule has 0 aromatic carbocycles. The van der Waals surface area contributed by atoms with E-state index in [1.807, 2.05) is 4.90 Å². The number of hydrogen-bond donors (Lipinski definition) is 3. The average molecular weight is 375 g/mol. The van der Waals surface area contributed by atoms with Gasteiger partial charge in [-0.25, -0.2) is 4.98 Å². The van der Waals surface area contributed by atoms with Crippen molar-refractivity contribution in [3.8, 4) is 0 Å². The standard InChI is InChI=1S/C17H24F3N3O3/c1-10-14(25)15(26)13(24)9-23(10)8-11-4-6-22(7-11)16-12(17(18,19)20)3-2-5-21-16/h2-3,5,10-11,13-15,24-26H,4,6-9H2,1H3/t10-,11-,13+,14-,15-/m1/s1. The minimum Gasteiger partial charge on any atom is -0.389 e. The van der Waals surface area contributed by atoms with Crippen molar-refractivity contribution >= 4 is 5.82 Å². The molecule has 1 aromatic rings. The molecule has 2 aliphatic heterocycles. The summed E-state index contributed by atoms with van der Waals surface area (Å²) in [5.41, 5.74) is -0.735. The van der Waals surface area contributed by atoms with Gasteiger partial charge in [0.1, 0.15) is 11.9 Å². The molecule has 0 spiro atoms. The lowest BCUT2D eigenvalue weighted by Crippen LogP contribution is -2.60. The zero-order valence-corrected chi connectivity index (χ0v) is 14.5. The number of rotatable bonds is 3. The lowest BCUT2D eigenvalue weighted by molar-refractivity contribution is -0.137. The molecule has 2 aliphatic rings. The van der Waals surface area contributed by atoms with Gasteiger partial charge in [0.05, 0.1) is 17.8 Å². The van der Waals surface area contributed by atoms with E-state index in [1.54, 1.807) is 11.8 Å². The topological polar surface area (TPSA) is 80.1 Å². The highest BCUT2D eigenvalue weighted by Crippen LogP contribution is 2.37. The number of likely N-dealkylation sites (tertiary alicyclic amines) is 1. The maximum atomic E-state index is 13.2. The molecular formula is C17H24F3N3O3. The fourth-order valence-electron chi connectivity index (χ4n) is 3.86. The normalized spacial score (nSPS) is 33.7. The van der Waals surface area contributed by atoms with Crippen LogP contribution in [0.15, 0.2) is 18.3 Å². The second-order valence-corrected chi connectivity index (χ2v) is 7.22. The van der Waals surface area contributed by atoms with Crippen molar-refractivity contribution in [2.45, 2.75) is 43.9 Å². The van der Waals surface area contributed by atoms with E-state index in [0.717, 1.165) is 6.07 Å². The first-order valence-electron chi connectivity index (χ1n) is 8.74. The second kappa shape index (κ2) is 7.30. The molecule has 2 saturated heterocycles. The molecule has 0 amide bonds. The molecule has 0 aliphatic carbocycles. The molecule has 146 valence electrons. The van der Waals surface area contributed by atoms with Crippen molar-refractivity contribution in [1.29, 1.82) is 0 Å². The van der Waals surface area contributed by atoms with Gasteiger partial charge in [0, 0.05) is 38.4 Å². The number of piperidine rings is 1. The number of nitrogens with zero attached hydrogens (tertiary/aromatic N) is 3. The predicted molar refractivity (Wildman–Crippen MR) is 88.6 cm³/mol. The molecule has 0 saturated carbocycles.